The summed E-state index contributed by atoms with van der Waals surface area (Å²) in [5.74, 6) is 0. The summed E-state index contributed by atoms with van der Waals surface area (Å²) >= 11 is 0. The minimum absolute atomic E-state index is 0.861. The van der Waals surface area contributed by atoms with Crippen LogP contribution in [0.2, 0.25) is 0 Å². The molecule has 0 radical (unpaired) electrons. The highest BCUT2D eigenvalue weighted by Crippen LogP contribution is 2.48. The van der Waals surface area contributed by atoms with Crippen molar-refractivity contribution in [2.45, 2.75) is 0 Å². The molecule has 8 nitrogen and oxygen atoms in total. The van der Waals surface area contributed by atoms with Crippen molar-refractivity contribution in [1.29, 1.82) is 0 Å². The van der Waals surface area contributed by atoms with Gasteiger partial charge in [-0.25, -0.2) is 19.9 Å². The van der Waals surface area contributed by atoms with Crippen molar-refractivity contribution in [3.8, 4) is 67.8 Å². The first kappa shape index (κ1) is 75.6. The first-order valence-electron chi connectivity index (χ1n) is 46.6. The minimum atomic E-state index is 0.861. The molecule has 6 heterocycles. The Labute approximate surface area is 778 Å². The number of fused-ring (bicyclic) bond motifs is 29. The lowest BCUT2D eigenvalue weighted by atomic mass is 9.92. The Morgan fingerprint density at radius 3 is 0.912 bits per heavy atom. The van der Waals surface area contributed by atoms with Gasteiger partial charge in [-0.15, -0.1) is 0 Å². The fourth-order valence-corrected chi connectivity index (χ4v) is 22.7. The number of rotatable bonds is 8. The van der Waals surface area contributed by atoms with Crippen LogP contribution in [0.3, 0.4) is 0 Å². The van der Waals surface area contributed by atoms with Crippen LogP contribution in [0, 0.1) is 0 Å². The lowest BCUT2D eigenvalue weighted by molar-refractivity contribution is 1.17. The van der Waals surface area contributed by atoms with Crippen LogP contribution in [0.15, 0.2) is 461 Å². The van der Waals surface area contributed by atoms with Crippen LogP contribution >= 0.6 is 0 Å². The second kappa shape index (κ2) is 29.6. The molecule has 0 spiro atoms. The summed E-state index contributed by atoms with van der Waals surface area (Å²) in [4.78, 5) is 21.5. The van der Waals surface area contributed by atoms with Crippen LogP contribution in [0.1, 0.15) is 0 Å². The summed E-state index contributed by atoms with van der Waals surface area (Å²) in [5.41, 5.74) is 25.2. The van der Waals surface area contributed by atoms with Crippen molar-refractivity contribution >= 4 is 217 Å². The molecule has 0 aliphatic rings. The van der Waals surface area contributed by atoms with Gasteiger partial charge in [-0.05, 0) is 236 Å². The lowest BCUT2D eigenvalue weighted by Gasteiger charge is -2.15. The molecule has 0 bridgehead atoms. The van der Waals surface area contributed by atoms with Gasteiger partial charge in [-0.2, -0.15) is 0 Å². The molecule has 24 aromatic carbocycles. The molecular weight excluding hydrogens is 1650 g/mol. The lowest BCUT2D eigenvalue weighted by Crippen LogP contribution is -1.98. The van der Waals surface area contributed by atoms with Crippen molar-refractivity contribution in [2.24, 2.45) is 0 Å². The van der Waals surface area contributed by atoms with E-state index in [9.17, 15) is 0 Å². The smallest absolute Gasteiger partial charge is 0.0979 e. The molecule has 0 N–H and O–H groups in total. The molecule has 0 saturated heterocycles. The van der Waals surface area contributed by atoms with E-state index in [1.54, 1.807) is 0 Å². The van der Waals surface area contributed by atoms with E-state index in [0.29, 0.717) is 0 Å². The van der Waals surface area contributed by atoms with E-state index >= 15 is 0 Å². The van der Waals surface area contributed by atoms with Gasteiger partial charge in [0.1, 0.15) is 0 Å². The van der Waals surface area contributed by atoms with Crippen molar-refractivity contribution in [1.82, 2.24) is 38.2 Å². The number of para-hydroxylation sites is 6. The van der Waals surface area contributed by atoms with Gasteiger partial charge in [0.2, 0.25) is 0 Å². The van der Waals surface area contributed by atoms with Crippen LogP contribution in [0.5, 0.6) is 0 Å². The van der Waals surface area contributed by atoms with E-state index in [1.165, 1.54) is 157 Å². The Kier molecular flexibility index (Phi) is 16.5. The molecule has 0 amide bonds. The van der Waals surface area contributed by atoms with E-state index < -0.39 is 0 Å². The zero-order valence-electron chi connectivity index (χ0n) is 73.5. The zero-order chi connectivity index (χ0) is 88.9. The Balaban J connectivity index is 0.000000133. The third-order valence-electron chi connectivity index (χ3n) is 28.8. The monoisotopic (exact) mass is 1720 g/mol. The number of aromatic nitrogens is 8. The number of hydrogen-bond donors (Lipinski definition) is 0. The molecular formula is C128H76N8. The summed E-state index contributed by atoms with van der Waals surface area (Å²) in [6.45, 7) is 0. The topological polar surface area (TPSA) is 71.3 Å². The van der Waals surface area contributed by atoms with Gasteiger partial charge in [0, 0.05) is 87.5 Å². The van der Waals surface area contributed by atoms with E-state index in [4.69, 9.17) is 19.9 Å². The fourth-order valence-electron chi connectivity index (χ4n) is 22.7. The number of nitrogens with zero attached hydrogens (tertiary/aromatic N) is 8. The van der Waals surface area contributed by atoms with Gasteiger partial charge >= 0.3 is 0 Å². The molecule has 0 unspecified atom stereocenters. The van der Waals surface area contributed by atoms with Crippen LogP contribution in [-0.4, -0.2) is 38.2 Å². The summed E-state index contributed by atoms with van der Waals surface area (Å²) in [7, 11) is 0. The molecule has 0 aliphatic carbocycles. The van der Waals surface area contributed by atoms with Crippen LogP contribution in [0.25, 0.3) is 285 Å². The predicted octanol–water partition coefficient (Wildman–Crippen LogP) is 33.8. The van der Waals surface area contributed by atoms with Gasteiger partial charge in [0.25, 0.3) is 0 Å². The SMILES string of the molecule is c1ccc2cc3c(cc2c1)c1cc(-n2c4ccccc4c4c5ccccc5ccc42)ccc1n3-c1cccc2cc(-c3nc4ccccc4nc3-c3ccc4c5ccccc5c5ccccc5c4c3)ccc12.c1ccc2cc3c(cc2c1)c1cc(-n2c4ccccc4c4c5ccccc5ccc42)ccc1n3-c1cccc2cc(-c3nc4ccccc4nc3-c3cccc4ccccc34)ccc12. The quantitative estimate of drug-likeness (QED) is 0.142. The maximum atomic E-state index is 5.42. The van der Waals surface area contributed by atoms with Crippen LogP contribution in [0.4, 0.5) is 0 Å². The van der Waals surface area contributed by atoms with Crippen molar-refractivity contribution < 1.29 is 0 Å². The van der Waals surface area contributed by atoms with Gasteiger partial charge in [0.05, 0.1) is 100 Å². The van der Waals surface area contributed by atoms with Gasteiger partial charge in [-0.1, -0.05) is 322 Å². The third kappa shape index (κ3) is 11.5. The maximum Gasteiger partial charge on any atom is 0.0979 e. The van der Waals surface area contributed by atoms with E-state index in [2.05, 4.69) is 455 Å². The summed E-state index contributed by atoms with van der Waals surface area (Å²) < 4.78 is 9.85. The highest BCUT2D eigenvalue weighted by molar-refractivity contribution is 6.28. The van der Waals surface area contributed by atoms with Gasteiger partial charge < -0.3 is 18.3 Å². The summed E-state index contributed by atoms with van der Waals surface area (Å²) in [6.07, 6.45) is 0. The highest BCUT2D eigenvalue weighted by atomic mass is 15.0. The zero-order valence-corrected chi connectivity index (χ0v) is 73.5. The third-order valence-corrected chi connectivity index (χ3v) is 28.8. The normalized spacial score (nSPS) is 12.1. The Bertz CT molecular complexity index is 10400. The van der Waals surface area contributed by atoms with Gasteiger partial charge in [0.15, 0.2) is 0 Å². The molecule has 136 heavy (non-hydrogen) atoms. The molecule has 0 aliphatic heterocycles. The minimum Gasteiger partial charge on any atom is -0.309 e. The van der Waals surface area contributed by atoms with Gasteiger partial charge in [-0.3, -0.25) is 0 Å². The van der Waals surface area contributed by atoms with E-state index in [0.717, 1.165) is 128 Å². The number of hydrogen-bond acceptors (Lipinski definition) is 4. The van der Waals surface area contributed by atoms with E-state index in [1.807, 2.05) is 24.3 Å². The van der Waals surface area contributed by atoms with Crippen LogP contribution in [-0.2, 0) is 0 Å². The highest BCUT2D eigenvalue weighted by Gasteiger charge is 2.26. The second-order valence-electron chi connectivity index (χ2n) is 36.2. The molecule has 0 atom stereocenters. The largest absolute Gasteiger partial charge is 0.309 e. The second-order valence-corrected chi connectivity index (χ2v) is 36.2. The van der Waals surface area contributed by atoms with Crippen molar-refractivity contribution in [3.05, 3.63) is 461 Å². The molecule has 30 aromatic rings. The van der Waals surface area contributed by atoms with E-state index in [-0.39, 0.29) is 0 Å². The molecule has 0 fully saturated rings. The Morgan fingerprint density at radius 1 is 0.140 bits per heavy atom. The fraction of sp³-hybridized carbons (Fsp3) is 0. The maximum absolute atomic E-state index is 5.42. The summed E-state index contributed by atoms with van der Waals surface area (Å²) in [5, 5.41) is 34.3. The molecule has 0 saturated carbocycles. The van der Waals surface area contributed by atoms with Crippen LogP contribution < -0.4 is 0 Å². The molecule has 30 rings (SSSR count). The molecule has 8 heteroatoms. The Hall–Kier alpha value is -18.2. The van der Waals surface area contributed by atoms with Crippen molar-refractivity contribution in [2.75, 3.05) is 0 Å². The van der Waals surface area contributed by atoms with Crippen molar-refractivity contribution in [3.63, 3.8) is 0 Å². The standard InChI is InChI=1S/C68H40N4.C60H36N4/c1-2-16-43-39-65-57(37-42(43)15-1)58-40-47(71-62-26-12-9-23-55(62)66-49-18-4-3-14-41(49)30-34-64(66)71)31-35-63(58)72(65)61-27-13-17-44-36-45(28-32-48(44)61)67-68(70-60-25-11-10-24-59(60)69-67)46-29-33-54-52-21-6-5-19-50(52)51-20-7-8-22-53(51)56(54)38-46;1-2-16-40-35-57-49(34-39(40)15-1)50-36-43(63-54-25-10-7-21-48(54)58-46-20-6-4-14-38(46)28-31-56(58)63)29-32-55(50)64(57)53-26-12-18-41-33-42(27-30-45(41)53)59-60(62-52-24-9-8-23-51(52)61-59)47-22-11-17-37-13-3-5-19-44(37)47/h1-40H;1-36H. The first-order valence-corrected chi connectivity index (χ1v) is 46.6. The predicted molar refractivity (Wildman–Crippen MR) is 573 cm³/mol. The molecule has 6 aromatic heterocycles. The summed E-state index contributed by atoms with van der Waals surface area (Å²) in [6, 6.07) is 168. The average molecular weight is 1730 g/mol. The number of benzene rings is 24. The Morgan fingerprint density at radius 2 is 0.449 bits per heavy atom. The average Bonchev–Trinajstić information content (AvgIpc) is 1.48. The first-order chi connectivity index (χ1) is 67.4. The molecule has 628 valence electrons.